The van der Waals surface area contributed by atoms with Gasteiger partial charge in [-0.3, -0.25) is 14.9 Å². The van der Waals surface area contributed by atoms with Gasteiger partial charge in [-0.15, -0.1) is 10.2 Å². The number of hydrazone groups is 1. The number of thioether (sulfide) groups is 2. The summed E-state index contributed by atoms with van der Waals surface area (Å²) < 4.78 is 1.57. The van der Waals surface area contributed by atoms with E-state index in [1.54, 1.807) is 36.0 Å². The van der Waals surface area contributed by atoms with E-state index < -0.39 is 4.92 Å². The van der Waals surface area contributed by atoms with E-state index in [0.717, 1.165) is 10.1 Å². The zero-order valence-electron chi connectivity index (χ0n) is 17.0. The second-order valence-corrected chi connectivity index (χ2v) is 9.81. The van der Waals surface area contributed by atoms with Crippen LogP contribution in [0.4, 0.5) is 5.69 Å². The largest absolute Gasteiger partial charge is 0.276 e. The third kappa shape index (κ3) is 7.59. The van der Waals surface area contributed by atoms with Crippen molar-refractivity contribution in [2.75, 3.05) is 5.75 Å². The second kappa shape index (κ2) is 12.1. The van der Waals surface area contributed by atoms with Gasteiger partial charge in [-0.2, -0.15) is 5.10 Å². The number of allylic oxidation sites excluding steroid dienone is 1. The third-order valence-corrected chi connectivity index (χ3v) is 7.22. The first-order valence-electron chi connectivity index (χ1n) is 9.38. The van der Waals surface area contributed by atoms with Crippen LogP contribution in [0.5, 0.6) is 0 Å². The first-order chi connectivity index (χ1) is 15.5. The van der Waals surface area contributed by atoms with E-state index >= 15 is 0 Å². The van der Waals surface area contributed by atoms with Gasteiger partial charge in [0.2, 0.25) is 0 Å². The average molecular weight is 486 g/mol. The summed E-state index contributed by atoms with van der Waals surface area (Å²) in [6.45, 7) is 2.06. The molecule has 0 aliphatic heterocycles. The maximum Gasteiger partial charge on any atom is 0.276 e. The van der Waals surface area contributed by atoms with Crippen molar-refractivity contribution in [1.29, 1.82) is 0 Å². The van der Waals surface area contributed by atoms with Gasteiger partial charge in [0.15, 0.2) is 8.68 Å². The Kier molecular flexibility index (Phi) is 8.96. The number of nitrogens with one attached hydrogen (secondary N) is 1. The summed E-state index contributed by atoms with van der Waals surface area (Å²) in [5, 5.41) is 23.0. The fourth-order valence-electron chi connectivity index (χ4n) is 2.40. The first-order valence-corrected chi connectivity index (χ1v) is 12.2. The topological polar surface area (TPSA) is 110 Å². The molecule has 32 heavy (non-hydrogen) atoms. The van der Waals surface area contributed by atoms with E-state index in [-0.39, 0.29) is 17.3 Å². The van der Waals surface area contributed by atoms with Gasteiger partial charge < -0.3 is 0 Å². The van der Waals surface area contributed by atoms with Gasteiger partial charge in [-0.05, 0) is 30.7 Å². The average Bonchev–Trinajstić information content (AvgIpc) is 3.25. The molecule has 1 amide bonds. The highest BCUT2D eigenvalue weighted by Crippen LogP contribution is 2.30. The van der Waals surface area contributed by atoms with Crippen LogP contribution in [0.1, 0.15) is 16.7 Å². The molecule has 0 unspecified atom stereocenters. The lowest BCUT2D eigenvalue weighted by Gasteiger charge is -1.99. The maximum absolute atomic E-state index is 11.9. The molecule has 1 N–H and O–H groups in total. The molecule has 1 aromatic heterocycles. The van der Waals surface area contributed by atoms with Crippen LogP contribution in [-0.2, 0) is 10.5 Å². The van der Waals surface area contributed by atoms with Crippen molar-refractivity contribution in [3.8, 4) is 0 Å². The van der Waals surface area contributed by atoms with E-state index in [1.807, 2.05) is 0 Å². The molecule has 0 aliphatic carbocycles. The number of rotatable bonds is 10. The number of hydrogen-bond acceptors (Lipinski definition) is 9. The summed E-state index contributed by atoms with van der Waals surface area (Å²) in [7, 11) is 0. The van der Waals surface area contributed by atoms with Crippen LogP contribution in [0.2, 0.25) is 0 Å². The number of carbonyl (C=O) groups is 1. The molecule has 2 aromatic carbocycles. The molecular weight excluding hydrogens is 466 g/mol. The van der Waals surface area contributed by atoms with Crippen LogP contribution in [0, 0.1) is 17.0 Å². The number of benzene rings is 2. The van der Waals surface area contributed by atoms with Gasteiger partial charge in [-0.25, -0.2) is 5.43 Å². The highest BCUT2D eigenvalue weighted by Gasteiger charge is 2.09. The number of aryl methyl sites for hydroxylation is 1. The van der Waals surface area contributed by atoms with Crippen LogP contribution in [0.3, 0.4) is 0 Å². The predicted molar refractivity (Wildman–Crippen MR) is 130 cm³/mol. The first kappa shape index (κ1) is 23.6. The summed E-state index contributed by atoms with van der Waals surface area (Å²) in [4.78, 5) is 22.5. The van der Waals surface area contributed by atoms with Crippen molar-refractivity contribution in [3.63, 3.8) is 0 Å². The van der Waals surface area contributed by atoms with Crippen molar-refractivity contribution in [1.82, 2.24) is 15.6 Å². The lowest BCUT2D eigenvalue weighted by molar-refractivity contribution is -0.385. The van der Waals surface area contributed by atoms with Crippen molar-refractivity contribution < 1.29 is 9.72 Å². The summed E-state index contributed by atoms with van der Waals surface area (Å²) in [5.41, 5.74) is 5.32. The molecule has 0 bridgehead atoms. The fraction of sp³-hybridized carbons (Fsp3) is 0.143. The van der Waals surface area contributed by atoms with Crippen LogP contribution in [-0.4, -0.2) is 33.0 Å². The number of nitrogens with zero attached hydrogens (tertiary/aromatic N) is 4. The minimum Gasteiger partial charge on any atom is -0.272 e. The highest BCUT2D eigenvalue weighted by atomic mass is 32.2. The minimum atomic E-state index is -0.449. The normalized spacial score (nSPS) is 11.3. The molecular formula is C21H19N5O3S3. The Bertz CT molecular complexity index is 1130. The molecule has 11 heteroatoms. The van der Waals surface area contributed by atoms with E-state index in [4.69, 9.17) is 0 Å². The van der Waals surface area contributed by atoms with Crippen LogP contribution in [0.25, 0.3) is 6.08 Å². The van der Waals surface area contributed by atoms with Gasteiger partial charge in [0.1, 0.15) is 0 Å². The Labute approximate surface area is 197 Å². The lowest BCUT2D eigenvalue weighted by Crippen LogP contribution is -2.19. The molecule has 0 aliphatic rings. The number of aromatic nitrogens is 2. The number of nitro benzene ring substituents is 1. The Morgan fingerprint density at radius 2 is 1.88 bits per heavy atom. The molecule has 3 aromatic rings. The van der Waals surface area contributed by atoms with Crippen molar-refractivity contribution in [2.45, 2.75) is 21.4 Å². The third-order valence-electron chi connectivity index (χ3n) is 3.96. The van der Waals surface area contributed by atoms with Gasteiger partial charge in [0.25, 0.3) is 11.6 Å². The molecule has 0 atom stereocenters. The van der Waals surface area contributed by atoms with Crippen LogP contribution < -0.4 is 5.43 Å². The smallest absolute Gasteiger partial charge is 0.272 e. The summed E-state index contributed by atoms with van der Waals surface area (Å²) in [6.07, 6.45) is 4.45. The summed E-state index contributed by atoms with van der Waals surface area (Å²) in [5.74, 6) is 0.686. The maximum atomic E-state index is 11.9. The summed E-state index contributed by atoms with van der Waals surface area (Å²) >= 11 is 4.35. The zero-order valence-corrected chi connectivity index (χ0v) is 19.5. The molecule has 3 rings (SSSR count). The van der Waals surface area contributed by atoms with Gasteiger partial charge in [0, 0.05) is 18.0 Å². The zero-order chi connectivity index (χ0) is 22.8. The Morgan fingerprint density at radius 3 is 2.62 bits per heavy atom. The molecule has 0 fully saturated rings. The Balaban J connectivity index is 1.39. The molecule has 164 valence electrons. The second-order valence-electron chi connectivity index (χ2n) is 6.39. The number of nitro groups is 1. The van der Waals surface area contributed by atoms with Crippen molar-refractivity contribution >= 4 is 58.7 Å². The highest BCUT2D eigenvalue weighted by molar-refractivity contribution is 8.03. The number of para-hydroxylation sites is 1. The molecule has 0 saturated heterocycles. The van der Waals surface area contributed by atoms with Crippen LogP contribution in [0.15, 0.2) is 68.4 Å². The predicted octanol–water partition coefficient (Wildman–Crippen LogP) is 4.95. The van der Waals surface area contributed by atoms with Crippen LogP contribution >= 0.6 is 34.9 Å². The van der Waals surface area contributed by atoms with Gasteiger partial charge >= 0.3 is 0 Å². The SMILES string of the molecule is Cc1ccc(CSc2nnc(SCC(=O)N/N=C/C=C/c3ccccc3[N+](=O)[O-])s2)cc1. The molecule has 0 radical (unpaired) electrons. The quantitative estimate of drug-likeness (QED) is 0.187. The monoisotopic (exact) mass is 485 g/mol. The Hall–Kier alpha value is -3.02. The van der Waals surface area contributed by atoms with E-state index in [9.17, 15) is 14.9 Å². The molecule has 0 saturated carbocycles. The number of hydrogen-bond donors (Lipinski definition) is 1. The minimum absolute atomic E-state index is 0.00559. The standard InChI is InChI=1S/C21H19N5O3S3/c1-15-8-10-16(11-9-15)13-30-20-24-25-21(32-20)31-14-19(27)23-22-12-4-6-17-5-2-3-7-18(17)26(28)29/h2-12H,13-14H2,1H3,(H,23,27)/b6-4+,22-12+. The fourth-order valence-corrected chi connectivity index (χ4v) is 5.16. The van der Waals surface area contributed by atoms with E-state index in [1.165, 1.54) is 52.6 Å². The molecule has 8 nitrogen and oxygen atoms in total. The number of amides is 1. The van der Waals surface area contributed by atoms with Crippen molar-refractivity contribution in [2.24, 2.45) is 5.10 Å². The van der Waals surface area contributed by atoms with Gasteiger partial charge in [0.05, 0.1) is 16.2 Å². The lowest BCUT2D eigenvalue weighted by atomic mass is 10.2. The van der Waals surface area contributed by atoms with Gasteiger partial charge in [-0.1, -0.05) is 76.8 Å². The van der Waals surface area contributed by atoms with Crippen molar-refractivity contribution in [3.05, 3.63) is 81.4 Å². The Morgan fingerprint density at radius 1 is 1.16 bits per heavy atom. The summed E-state index contributed by atoms with van der Waals surface area (Å²) in [6, 6.07) is 14.7. The van der Waals surface area contributed by atoms with E-state index in [0.29, 0.717) is 9.90 Å². The molecule has 0 spiro atoms. The van der Waals surface area contributed by atoms with E-state index in [2.05, 4.69) is 51.9 Å². The number of carbonyl (C=O) groups excluding carboxylic acids is 1. The molecule has 1 heterocycles.